The van der Waals surface area contributed by atoms with E-state index in [0.29, 0.717) is 11.3 Å². The van der Waals surface area contributed by atoms with Crippen LogP contribution in [0.1, 0.15) is 21.5 Å². The first kappa shape index (κ1) is 19.4. The molecule has 0 N–H and O–H groups in total. The maximum atomic E-state index is 13.1. The lowest BCUT2D eigenvalue weighted by Crippen LogP contribution is -1.95. The van der Waals surface area contributed by atoms with Gasteiger partial charge in [-0.1, -0.05) is 60.2 Å². The highest BCUT2D eigenvalue weighted by molar-refractivity contribution is 6.10. The molecule has 4 rings (SSSR count). The lowest BCUT2D eigenvalue weighted by atomic mass is 10.0. The van der Waals surface area contributed by atoms with Gasteiger partial charge in [-0.3, -0.25) is 4.79 Å². The molecule has 4 nitrogen and oxygen atoms in total. The molecule has 3 aromatic carbocycles. The van der Waals surface area contributed by atoms with E-state index >= 15 is 0 Å². The zero-order valence-electron chi connectivity index (χ0n) is 16.9. The molecule has 0 unspecified atom stereocenters. The largest absolute Gasteiger partial charge is 0.497 e. The van der Waals surface area contributed by atoms with Crippen molar-refractivity contribution in [3.63, 3.8) is 0 Å². The second-order valence-electron chi connectivity index (χ2n) is 7.01. The Morgan fingerprint density at radius 1 is 0.967 bits per heavy atom. The van der Waals surface area contributed by atoms with E-state index in [1.54, 1.807) is 24.1 Å². The third-order valence-electron chi connectivity index (χ3n) is 4.83. The van der Waals surface area contributed by atoms with Crippen LogP contribution in [0.5, 0.6) is 5.75 Å². The second-order valence-corrected chi connectivity index (χ2v) is 7.01. The topological polar surface area (TPSA) is 44.1 Å². The van der Waals surface area contributed by atoms with Crippen molar-refractivity contribution in [3.05, 3.63) is 108 Å². The van der Waals surface area contributed by atoms with E-state index in [-0.39, 0.29) is 5.78 Å². The molecular weight excluding hydrogens is 372 g/mol. The Bertz CT molecular complexity index is 1190. The number of allylic oxidation sites excluding steroid dienone is 1. The molecule has 0 aliphatic carbocycles. The monoisotopic (exact) mass is 394 g/mol. The van der Waals surface area contributed by atoms with E-state index in [2.05, 4.69) is 0 Å². The summed E-state index contributed by atoms with van der Waals surface area (Å²) >= 11 is 0. The highest BCUT2D eigenvalue weighted by atomic mass is 16.5. The molecule has 1 heterocycles. The Hall–Kier alpha value is -3.92. The maximum Gasteiger partial charge on any atom is 0.189 e. The average molecular weight is 394 g/mol. The number of aryl methyl sites for hydroxylation is 1. The smallest absolute Gasteiger partial charge is 0.189 e. The van der Waals surface area contributed by atoms with Gasteiger partial charge in [-0.05, 0) is 48.9 Å². The summed E-state index contributed by atoms with van der Waals surface area (Å²) in [6.45, 7) is 2.03. The average Bonchev–Trinajstić information content (AvgIpc) is 3.24. The van der Waals surface area contributed by atoms with Crippen molar-refractivity contribution in [2.45, 2.75) is 6.92 Å². The summed E-state index contributed by atoms with van der Waals surface area (Å²) in [4.78, 5) is 13.1. The molecule has 30 heavy (non-hydrogen) atoms. The summed E-state index contributed by atoms with van der Waals surface area (Å²) in [5, 5.41) is 4.74. The predicted octanol–water partition coefficient (Wildman–Crippen LogP) is 5.75. The van der Waals surface area contributed by atoms with Gasteiger partial charge in [0.2, 0.25) is 0 Å². The molecule has 0 aliphatic heterocycles. The molecule has 4 aromatic rings. The first-order chi connectivity index (χ1) is 14.6. The van der Waals surface area contributed by atoms with Crippen molar-refractivity contribution in [2.75, 3.05) is 7.11 Å². The Kier molecular flexibility index (Phi) is 5.57. The fraction of sp³-hybridized carbons (Fsp3) is 0.0769. The van der Waals surface area contributed by atoms with Gasteiger partial charge in [0, 0.05) is 11.8 Å². The molecule has 0 amide bonds. The summed E-state index contributed by atoms with van der Waals surface area (Å²) in [5.74, 6) is 0.689. The second kappa shape index (κ2) is 8.62. The number of hydrogen-bond donors (Lipinski definition) is 0. The van der Waals surface area contributed by atoms with Crippen LogP contribution in [0.2, 0.25) is 0 Å². The molecule has 0 fully saturated rings. The van der Waals surface area contributed by atoms with Crippen LogP contribution in [-0.2, 0) is 0 Å². The number of carbonyl (C=O) groups excluding carboxylic acids is 1. The first-order valence-electron chi connectivity index (χ1n) is 9.72. The van der Waals surface area contributed by atoms with E-state index < -0.39 is 0 Å². The highest BCUT2D eigenvalue weighted by Crippen LogP contribution is 2.25. The molecule has 4 heteroatoms. The van der Waals surface area contributed by atoms with Crippen LogP contribution in [-0.4, -0.2) is 22.7 Å². The molecular formula is C26H22N2O2. The normalized spacial score (nSPS) is 11.0. The van der Waals surface area contributed by atoms with Gasteiger partial charge in [-0.2, -0.15) is 5.10 Å². The van der Waals surface area contributed by atoms with Gasteiger partial charge in [0.05, 0.1) is 18.4 Å². The summed E-state index contributed by atoms with van der Waals surface area (Å²) in [5.41, 5.74) is 5.11. The van der Waals surface area contributed by atoms with Gasteiger partial charge in [0.15, 0.2) is 5.78 Å². The third kappa shape index (κ3) is 4.23. The van der Waals surface area contributed by atoms with Gasteiger partial charge in [0.25, 0.3) is 0 Å². The number of ketones is 1. The van der Waals surface area contributed by atoms with Crippen LogP contribution >= 0.6 is 0 Å². The molecule has 0 atom stereocenters. The summed E-state index contributed by atoms with van der Waals surface area (Å²) in [6, 6.07) is 25.4. The fourth-order valence-corrected chi connectivity index (χ4v) is 3.25. The molecule has 0 bridgehead atoms. The zero-order chi connectivity index (χ0) is 20.9. The summed E-state index contributed by atoms with van der Waals surface area (Å²) < 4.78 is 6.94. The van der Waals surface area contributed by atoms with Gasteiger partial charge in [-0.25, -0.2) is 4.68 Å². The van der Waals surface area contributed by atoms with Gasteiger partial charge in [-0.15, -0.1) is 0 Å². The minimum Gasteiger partial charge on any atom is -0.497 e. The van der Waals surface area contributed by atoms with Crippen molar-refractivity contribution >= 4 is 11.9 Å². The lowest BCUT2D eigenvalue weighted by molar-refractivity contribution is 0.104. The Morgan fingerprint density at radius 3 is 2.43 bits per heavy atom. The molecule has 0 radical (unpaired) electrons. The van der Waals surface area contributed by atoms with Crippen LogP contribution in [0.4, 0.5) is 0 Å². The fourth-order valence-electron chi connectivity index (χ4n) is 3.25. The first-order valence-corrected chi connectivity index (χ1v) is 9.72. The number of ether oxygens (including phenoxy) is 1. The predicted molar refractivity (Wildman–Crippen MR) is 120 cm³/mol. The lowest BCUT2D eigenvalue weighted by Gasteiger charge is -2.02. The number of aromatic nitrogens is 2. The number of benzene rings is 3. The molecule has 0 spiro atoms. The Balaban J connectivity index is 1.72. The van der Waals surface area contributed by atoms with Crippen molar-refractivity contribution in [2.24, 2.45) is 0 Å². The van der Waals surface area contributed by atoms with E-state index in [1.165, 1.54) is 0 Å². The Labute approximate surface area is 176 Å². The third-order valence-corrected chi connectivity index (χ3v) is 4.83. The quantitative estimate of drug-likeness (QED) is 0.309. The molecule has 148 valence electrons. The van der Waals surface area contributed by atoms with Gasteiger partial charge in [0.1, 0.15) is 11.4 Å². The number of rotatable bonds is 6. The van der Waals surface area contributed by atoms with Gasteiger partial charge < -0.3 is 4.74 Å². The SMILES string of the molecule is COc1ccc(C=CC(=O)c2cn(-c3ccccc3)nc2-c2cccc(C)c2)cc1. The minimum absolute atomic E-state index is 0.0931. The van der Waals surface area contributed by atoms with Crippen molar-refractivity contribution < 1.29 is 9.53 Å². The molecule has 0 aliphatic rings. The number of methoxy groups -OCH3 is 1. The van der Waals surface area contributed by atoms with Crippen molar-refractivity contribution in [1.29, 1.82) is 0 Å². The molecule has 1 aromatic heterocycles. The molecule has 0 saturated heterocycles. The number of para-hydroxylation sites is 1. The molecule has 0 saturated carbocycles. The maximum absolute atomic E-state index is 13.1. The highest BCUT2D eigenvalue weighted by Gasteiger charge is 2.17. The van der Waals surface area contributed by atoms with E-state index in [1.807, 2.05) is 91.9 Å². The van der Waals surface area contributed by atoms with Crippen LogP contribution in [0.15, 0.2) is 91.1 Å². The van der Waals surface area contributed by atoms with Crippen LogP contribution in [0.25, 0.3) is 23.0 Å². The standard InChI is InChI=1S/C26H22N2O2/c1-19-7-6-8-21(17-19)26-24(18-28(27-26)22-9-4-3-5-10-22)25(29)16-13-20-11-14-23(30-2)15-12-20/h3-18H,1-2H3. The summed E-state index contributed by atoms with van der Waals surface area (Å²) in [7, 11) is 1.63. The number of nitrogens with zero attached hydrogens (tertiary/aromatic N) is 2. The van der Waals surface area contributed by atoms with E-state index in [0.717, 1.165) is 28.1 Å². The van der Waals surface area contributed by atoms with Crippen LogP contribution < -0.4 is 4.74 Å². The zero-order valence-corrected chi connectivity index (χ0v) is 16.9. The van der Waals surface area contributed by atoms with E-state index in [4.69, 9.17) is 9.84 Å². The van der Waals surface area contributed by atoms with Crippen molar-refractivity contribution in [3.8, 4) is 22.7 Å². The Morgan fingerprint density at radius 2 is 1.73 bits per heavy atom. The van der Waals surface area contributed by atoms with Crippen LogP contribution in [0.3, 0.4) is 0 Å². The van der Waals surface area contributed by atoms with Crippen molar-refractivity contribution in [1.82, 2.24) is 9.78 Å². The van der Waals surface area contributed by atoms with Gasteiger partial charge >= 0.3 is 0 Å². The number of carbonyl (C=O) groups is 1. The van der Waals surface area contributed by atoms with Crippen LogP contribution in [0, 0.1) is 6.92 Å². The minimum atomic E-state index is -0.0931. The number of hydrogen-bond acceptors (Lipinski definition) is 3. The van der Waals surface area contributed by atoms with E-state index in [9.17, 15) is 4.79 Å². The summed E-state index contributed by atoms with van der Waals surface area (Å²) in [6.07, 6.45) is 5.20.